The quantitative estimate of drug-likeness (QED) is 0.635. The summed E-state index contributed by atoms with van der Waals surface area (Å²) in [5.41, 5.74) is 4.67. The predicted molar refractivity (Wildman–Crippen MR) is 122 cm³/mol. The molecule has 2 aromatic carbocycles. The highest BCUT2D eigenvalue weighted by molar-refractivity contribution is 5.94. The molecule has 1 fully saturated rings. The second-order valence-electron chi connectivity index (χ2n) is 7.56. The van der Waals surface area contributed by atoms with Gasteiger partial charge in [0.1, 0.15) is 0 Å². The molecule has 0 radical (unpaired) electrons. The van der Waals surface area contributed by atoms with Gasteiger partial charge in [-0.1, -0.05) is 36.4 Å². The van der Waals surface area contributed by atoms with E-state index in [-0.39, 0.29) is 5.91 Å². The highest BCUT2D eigenvalue weighted by Crippen LogP contribution is 2.25. The first kappa shape index (κ1) is 21.1. The molecule has 154 valence electrons. The first-order valence-corrected chi connectivity index (χ1v) is 10.7. The highest BCUT2D eigenvalue weighted by Gasteiger charge is 2.18. The smallest absolute Gasteiger partial charge is 0.253 e. The van der Waals surface area contributed by atoms with Gasteiger partial charge in [-0.15, -0.1) is 6.58 Å². The number of piperazine rings is 1. The van der Waals surface area contributed by atoms with Crippen LogP contribution in [0.1, 0.15) is 35.3 Å². The number of benzene rings is 2. The molecule has 0 unspecified atom stereocenters. The molecule has 0 aliphatic carbocycles. The van der Waals surface area contributed by atoms with Gasteiger partial charge in [0.15, 0.2) is 0 Å². The van der Waals surface area contributed by atoms with Crippen molar-refractivity contribution in [3.63, 3.8) is 0 Å². The molecule has 1 aliphatic rings. The summed E-state index contributed by atoms with van der Waals surface area (Å²) in [6.45, 7) is 14.6. The highest BCUT2D eigenvalue weighted by atomic mass is 16.2. The SMILES string of the molecule is C=CCN1CCN(c2ccccc2Cc2ccc(C(=O)N(CC)CC)cc2)CC1. The van der Waals surface area contributed by atoms with Gasteiger partial charge in [0.2, 0.25) is 0 Å². The van der Waals surface area contributed by atoms with Crippen molar-refractivity contribution < 1.29 is 4.79 Å². The standard InChI is InChI=1S/C25H33N3O/c1-4-15-26-16-18-28(19-17-26)24-10-8-7-9-23(24)20-21-11-13-22(14-12-21)25(29)27(5-2)6-3/h4,7-14H,1,5-6,15-20H2,2-3H3. The lowest BCUT2D eigenvalue weighted by molar-refractivity contribution is 0.0773. The van der Waals surface area contributed by atoms with E-state index in [4.69, 9.17) is 0 Å². The Hall–Kier alpha value is -2.59. The van der Waals surface area contributed by atoms with Crippen LogP contribution in [0.4, 0.5) is 5.69 Å². The van der Waals surface area contributed by atoms with Crippen LogP contribution in [0.3, 0.4) is 0 Å². The largest absolute Gasteiger partial charge is 0.369 e. The minimum absolute atomic E-state index is 0.111. The van der Waals surface area contributed by atoms with Gasteiger partial charge in [-0.3, -0.25) is 9.69 Å². The van der Waals surface area contributed by atoms with Crippen LogP contribution in [0.25, 0.3) is 0 Å². The number of carbonyl (C=O) groups is 1. The summed E-state index contributed by atoms with van der Waals surface area (Å²) in [5.74, 6) is 0.111. The molecule has 4 nitrogen and oxygen atoms in total. The molecule has 0 N–H and O–H groups in total. The minimum atomic E-state index is 0.111. The van der Waals surface area contributed by atoms with Crippen molar-refractivity contribution in [3.05, 3.63) is 77.9 Å². The number of rotatable bonds is 8. The van der Waals surface area contributed by atoms with Crippen molar-refractivity contribution in [1.82, 2.24) is 9.80 Å². The van der Waals surface area contributed by atoms with Gasteiger partial charge in [0, 0.05) is 57.1 Å². The third-order valence-electron chi connectivity index (χ3n) is 5.74. The molecule has 1 aliphatic heterocycles. The zero-order valence-corrected chi connectivity index (χ0v) is 17.8. The molecule has 1 saturated heterocycles. The van der Waals surface area contributed by atoms with Crippen LogP contribution < -0.4 is 4.90 Å². The molecule has 0 aromatic heterocycles. The minimum Gasteiger partial charge on any atom is -0.369 e. The van der Waals surface area contributed by atoms with E-state index in [1.807, 2.05) is 37.0 Å². The normalized spacial score (nSPS) is 14.6. The van der Waals surface area contributed by atoms with Gasteiger partial charge in [-0.05, 0) is 49.6 Å². The lowest BCUT2D eigenvalue weighted by Crippen LogP contribution is -2.46. The number of hydrogen-bond donors (Lipinski definition) is 0. The maximum Gasteiger partial charge on any atom is 0.253 e. The summed E-state index contributed by atoms with van der Waals surface area (Å²) >= 11 is 0. The van der Waals surface area contributed by atoms with Crippen molar-refractivity contribution in [2.75, 3.05) is 50.7 Å². The third kappa shape index (κ3) is 5.27. The lowest BCUT2D eigenvalue weighted by atomic mass is 10.0. The second-order valence-corrected chi connectivity index (χ2v) is 7.56. The fourth-order valence-corrected chi connectivity index (χ4v) is 4.00. The molecule has 2 aromatic rings. The van der Waals surface area contributed by atoms with Crippen molar-refractivity contribution >= 4 is 11.6 Å². The van der Waals surface area contributed by atoms with Crippen molar-refractivity contribution in [2.45, 2.75) is 20.3 Å². The summed E-state index contributed by atoms with van der Waals surface area (Å²) in [6, 6.07) is 16.8. The van der Waals surface area contributed by atoms with Gasteiger partial charge < -0.3 is 9.80 Å². The third-order valence-corrected chi connectivity index (χ3v) is 5.74. The van der Waals surface area contributed by atoms with Crippen LogP contribution in [-0.4, -0.2) is 61.5 Å². The molecule has 29 heavy (non-hydrogen) atoms. The van der Waals surface area contributed by atoms with Crippen LogP contribution >= 0.6 is 0 Å². The monoisotopic (exact) mass is 391 g/mol. The number of para-hydroxylation sites is 1. The van der Waals surface area contributed by atoms with Gasteiger partial charge in [0.05, 0.1) is 0 Å². The Balaban J connectivity index is 1.70. The Bertz CT molecular complexity index is 803. The Morgan fingerprint density at radius 3 is 2.28 bits per heavy atom. The Labute approximate surface area is 175 Å². The number of carbonyl (C=O) groups excluding carboxylic acids is 1. The molecule has 1 heterocycles. The average Bonchev–Trinajstić information content (AvgIpc) is 2.76. The topological polar surface area (TPSA) is 26.8 Å². The molecule has 1 amide bonds. The Morgan fingerprint density at radius 1 is 1.00 bits per heavy atom. The summed E-state index contributed by atoms with van der Waals surface area (Å²) < 4.78 is 0. The molecule has 0 bridgehead atoms. The summed E-state index contributed by atoms with van der Waals surface area (Å²) in [4.78, 5) is 19.3. The summed E-state index contributed by atoms with van der Waals surface area (Å²) in [5, 5.41) is 0. The van der Waals surface area contributed by atoms with E-state index in [1.54, 1.807) is 0 Å². The van der Waals surface area contributed by atoms with Gasteiger partial charge in [-0.2, -0.15) is 0 Å². The van der Waals surface area contributed by atoms with E-state index in [2.05, 4.69) is 52.8 Å². The lowest BCUT2D eigenvalue weighted by Gasteiger charge is -2.36. The van der Waals surface area contributed by atoms with Crippen molar-refractivity contribution in [3.8, 4) is 0 Å². The van der Waals surface area contributed by atoms with Crippen LogP contribution in [-0.2, 0) is 6.42 Å². The number of hydrogen-bond acceptors (Lipinski definition) is 3. The van der Waals surface area contributed by atoms with E-state index in [0.29, 0.717) is 0 Å². The Kier molecular flexibility index (Phi) is 7.48. The molecule has 0 saturated carbocycles. The molecule has 0 spiro atoms. The van der Waals surface area contributed by atoms with Gasteiger partial charge >= 0.3 is 0 Å². The van der Waals surface area contributed by atoms with E-state index >= 15 is 0 Å². The van der Waals surface area contributed by atoms with Gasteiger partial charge in [-0.25, -0.2) is 0 Å². The zero-order valence-electron chi connectivity index (χ0n) is 17.8. The molecule has 4 heteroatoms. The van der Waals surface area contributed by atoms with E-state index in [1.165, 1.54) is 16.8 Å². The second kappa shape index (κ2) is 10.3. The molecular weight excluding hydrogens is 358 g/mol. The maximum absolute atomic E-state index is 12.5. The predicted octanol–water partition coefficient (Wildman–Crippen LogP) is 4.07. The fraction of sp³-hybridized carbons (Fsp3) is 0.400. The van der Waals surface area contributed by atoms with Crippen molar-refractivity contribution in [1.29, 1.82) is 0 Å². The Morgan fingerprint density at radius 2 is 1.66 bits per heavy atom. The maximum atomic E-state index is 12.5. The van der Waals surface area contributed by atoms with E-state index < -0.39 is 0 Å². The number of nitrogens with zero attached hydrogens (tertiary/aromatic N) is 3. The summed E-state index contributed by atoms with van der Waals surface area (Å²) in [6.07, 6.45) is 2.86. The molecule has 3 rings (SSSR count). The summed E-state index contributed by atoms with van der Waals surface area (Å²) in [7, 11) is 0. The number of anilines is 1. The fourth-order valence-electron chi connectivity index (χ4n) is 4.00. The van der Waals surface area contributed by atoms with Gasteiger partial charge in [0.25, 0.3) is 5.91 Å². The molecular formula is C25H33N3O. The van der Waals surface area contributed by atoms with Crippen molar-refractivity contribution in [2.24, 2.45) is 0 Å². The van der Waals surface area contributed by atoms with E-state index in [9.17, 15) is 4.79 Å². The van der Waals surface area contributed by atoms with Crippen LogP contribution in [0.5, 0.6) is 0 Å². The first-order valence-electron chi connectivity index (χ1n) is 10.7. The first-order chi connectivity index (χ1) is 14.2. The van der Waals surface area contributed by atoms with Crippen LogP contribution in [0, 0.1) is 0 Å². The zero-order chi connectivity index (χ0) is 20.6. The number of amides is 1. The average molecular weight is 392 g/mol. The van der Waals surface area contributed by atoms with Crippen LogP contribution in [0.2, 0.25) is 0 Å². The van der Waals surface area contributed by atoms with Crippen LogP contribution in [0.15, 0.2) is 61.2 Å². The molecule has 0 atom stereocenters. The van der Waals surface area contributed by atoms with E-state index in [0.717, 1.165) is 57.8 Å².